The van der Waals surface area contributed by atoms with Crippen LogP contribution < -0.4 is 5.73 Å². The molecule has 0 saturated heterocycles. The lowest BCUT2D eigenvalue weighted by molar-refractivity contribution is 0.0498. The zero-order valence-electron chi connectivity index (χ0n) is 11.8. The number of rotatable bonds is 2. The number of thiophene rings is 1. The highest BCUT2D eigenvalue weighted by molar-refractivity contribution is 7.13. The Kier molecular flexibility index (Phi) is 4.20. The Morgan fingerprint density at radius 3 is 3.20 bits per heavy atom. The Balaban J connectivity index is 1.93. The molecule has 3 heteroatoms. The van der Waals surface area contributed by atoms with Crippen molar-refractivity contribution < 1.29 is 4.74 Å². The lowest BCUT2D eigenvalue weighted by atomic mass is 10.0. The minimum atomic E-state index is 0.0810. The van der Waals surface area contributed by atoms with Crippen LogP contribution in [-0.4, -0.2) is 13.2 Å². The van der Waals surface area contributed by atoms with E-state index in [1.54, 1.807) is 0 Å². The Labute approximate surface area is 124 Å². The summed E-state index contributed by atoms with van der Waals surface area (Å²) >= 11 is 1.89. The third kappa shape index (κ3) is 2.80. The van der Waals surface area contributed by atoms with Crippen LogP contribution in [0.4, 0.5) is 0 Å². The Morgan fingerprint density at radius 1 is 1.45 bits per heavy atom. The highest BCUT2D eigenvalue weighted by atomic mass is 32.1. The first-order chi connectivity index (χ1) is 9.78. The number of hydrogen-bond donors (Lipinski definition) is 1. The van der Waals surface area contributed by atoms with Crippen LogP contribution >= 0.6 is 11.3 Å². The van der Waals surface area contributed by atoms with E-state index < -0.39 is 0 Å². The second-order valence-electron chi connectivity index (χ2n) is 5.46. The SMILES string of the molecule is CC1\C=C/C=C(c2cc3c(s2)CCOC3CN)\C=C\C1. The molecule has 0 amide bonds. The Morgan fingerprint density at radius 2 is 2.35 bits per heavy atom. The van der Waals surface area contributed by atoms with Crippen molar-refractivity contribution in [3.8, 4) is 0 Å². The van der Waals surface area contributed by atoms with Crippen molar-refractivity contribution in [2.24, 2.45) is 11.7 Å². The van der Waals surface area contributed by atoms with Crippen LogP contribution in [0.2, 0.25) is 0 Å². The second-order valence-corrected chi connectivity index (χ2v) is 6.59. The molecule has 0 saturated carbocycles. The molecule has 2 aliphatic rings. The third-order valence-electron chi connectivity index (χ3n) is 3.86. The molecular weight excluding hydrogens is 266 g/mol. The van der Waals surface area contributed by atoms with Crippen molar-refractivity contribution in [3.05, 3.63) is 51.8 Å². The fourth-order valence-electron chi connectivity index (χ4n) is 2.69. The number of nitrogens with two attached hydrogens (primary N) is 1. The molecule has 1 aromatic rings. The number of hydrogen-bond acceptors (Lipinski definition) is 3. The van der Waals surface area contributed by atoms with Crippen molar-refractivity contribution >= 4 is 16.9 Å². The predicted octanol–water partition coefficient (Wildman–Crippen LogP) is 3.86. The molecule has 1 aliphatic heterocycles. The molecule has 0 spiro atoms. The highest BCUT2D eigenvalue weighted by Gasteiger charge is 2.23. The monoisotopic (exact) mass is 287 g/mol. The largest absolute Gasteiger partial charge is 0.372 e. The van der Waals surface area contributed by atoms with Gasteiger partial charge in [-0.3, -0.25) is 0 Å². The molecule has 3 rings (SSSR count). The van der Waals surface area contributed by atoms with E-state index in [2.05, 4.69) is 43.4 Å². The van der Waals surface area contributed by atoms with Crippen molar-refractivity contribution in [2.75, 3.05) is 13.2 Å². The van der Waals surface area contributed by atoms with E-state index in [9.17, 15) is 0 Å². The van der Waals surface area contributed by atoms with Gasteiger partial charge in [-0.2, -0.15) is 0 Å². The molecule has 20 heavy (non-hydrogen) atoms. The van der Waals surface area contributed by atoms with Gasteiger partial charge in [-0.25, -0.2) is 0 Å². The van der Waals surface area contributed by atoms with Gasteiger partial charge in [0.25, 0.3) is 0 Å². The number of allylic oxidation sites excluding steroid dienone is 6. The molecule has 2 unspecified atom stereocenters. The molecule has 2 N–H and O–H groups in total. The van der Waals surface area contributed by atoms with Crippen LogP contribution in [0.3, 0.4) is 0 Å². The second kappa shape index (κ2) is 6.08. The van der Waals surface area contributed by atoms with E-state index in [1.165, 1.54) is 20.9 Å². The normalized spacial score (nSPS) is 31.6. The molecule has 1 aromatic heterocycles. The number of fused-ring (bicyclic) bond motifs is 1. The molecule has 0 fully saturated rings. The van der Waals surface area contributed by atoms with Crippen molar-refractivity contribution in [2.45, 2.75) is 25.9 Å². The summed E-state index contributed by atoms with van der Waals surface area (Å²) in [5.74, 6) is 0.621. The van der Waals surface area contributed by atoms with Gasteiger partial charge >= 0.3 is 0 Å². The molecular formula is C17H21NOS. The van der Waals surface area contributed by atoms with Crippen molar-refractivity contribution in [1.82, 2.24) is 0 Å². The smallest absolute Gasteiger partial charge is 0.0958 e. The van der Waals surface area contributed by atoms with Crippen LogP contribution in [0.15, 0.2) is 36.4 Å². The summed E-state index contributed by atoms with van der Waals surface area (Å²) in [4.78, 5) is 2.77. The van der Waals surface area contributed by atoms with Gasteiger partial charge in [0.05, 0.1) is 12.7 Å². The van der Waals surface area contributed by atoms with Crippen LogP contribution in [0, 0.1) is 5.92 Å². The summed E-state index contributed by atoms with van der Waals surface area (Å²) in [5.41, 5.74) is 8.40. The highest BCUT2D eigenvalue weighted by Crippen LogP contribution is 2.37. The Hall–Kier alpha value is -1.16. The zero-order chi connectivity index (χ0) is 13.9. The van der Waals surface area contributed by atoms with Gasteiger partial charge in [-0.1, -0.05) is 37.3 Å². The average molecular weight is 287 g/mol. The first-order valence-electron chi connectivity index (χ1n) is 7.27. The molecule has 2 heterocycles. The topological polar surface area (TPSA) is 35.2 Å². The van der Waals surface area contributed by atoms with E-state index in [4.69, 9.17) is 10.5 Å². The zero-order valence-corrected chi connectivity index (χ0v) is 12.7. The van der Waals surface area contributed by atoms with E-state index >= 15 is 0 Å². The first kappa shape index (κ1) is 13.8. The summed E-state index contributed by atoms with van der Waals surface area (Å²) in [6.45, 7) is 3.60. The van der Waals surface area contributed by atoms with E-state index in [-0.39, 0.29) is 6.10 Å². The van der Waals surface area contributed by atoms with Crippen molar-refractivity contribution in [1.29, 1.82) is 0 Å². The van der Waals surface area contributed by atoms with Gasteiger partial charge in [-0.05, 0) is 29.5 Å². The maximum Gasteiger partial charge on any atom is 0.0958 e. The quantitative estimate of drug-likeness (QED) is 0.896. The van der Waals surface area contributed by atoms with Gasteiger partial charge in [-0.15, -0.1) is 11.3 Å². The molecule has 2 atom stereocenters. The fourth-order valence-corrected chi connectivity index (χ4v) is 3.89. The van der Waals surface area contributed by atoms with E-state index in [0.717, 1.165) is 19.4 Å². The van der Waals surface area contributed by atoms with Gasteiger partial charge in [0.15, 0.2) is 0 Å². The summed E-state index contributed by atoms with van der Waals surface area (Å²) in [7, 11) is 0. The minimum Gasteiger partial charge on any atom is -0.372 e. The molecule has 0 aromatic carbocycles. The molecule has 0 radical (unpaired) electrons. The molecule has 106 valence electrons. The fraction of sp³-hybridized carbons (Fsp3) is 0.412. The summed E-state index contributed by atoms with van der Waals surface area (Å²) in [5, 5.41) is 0. The summed E-state index contributed by atoms with van der Waals surface area (Å²) in [6.07, 6.45) is 13.4. The summed E-state index contributed by atoms with van der Waals surface area (Å²) in [6, 6.07) is 2.27. The summed E-state index contributed by atoms with van der Waals surface area (Å²) < 4.78 is 5.74. The van der Waals surface area contributed by atoms with E-state index in [1.807, 2.05) is 11.3 Å². The standard InChI is InChI=1S/C17H21NOS/c1-12-4-2-6-13(7-3-5-12)17-10-14-15(11-18)19-9-8-16(14)20-17/h2-4,6-7,10,12,15H,5,8-9,11,18H2,1H3/b4-2-,7-3+,13-6+. The van der Waals surface area contributed by atoms with Gasteiger partial charge in [0.1, 0.15) is 0 Å². The number of ether oxygens (including phenoxy) is 1. The van der Waals surface area contributed by atoms with Crippen molar-refractivity contribution in [3.63, 3.8) is 0 Å². The molecule has 0 bridgehead atoms. The van der Waals surface area contributed by atoms with Crippen LogP contribution in [-0.2, 0) is 11.2 Å². The van der Waals surface area contributed by atoms with Gasteiger partial charge in [0, 0.05) is 22.7 Å². The van der Waals surface area contributed by atoms with Crippen LogP contribution in [0.25, 0.3) is 5.57 Å². The van der Waals surface area contributed by atoms with E-state index in [0.29, 0.717) is 12.5 Å². The van der Waals surface area contributed by atoms with Gasteiger partial charge < -0.3 is 10.5 Å². The molecule has 1 aliphatic carbocycles. The predicted molar refractivity (Wildman–Crippen MR) is 85.8 cm³/mol. The van der Waals surface area contributed by atoms with Crippen LogP contribution in [0.5, 0.6) is 0 Å². The minimum absolute atomic E-state index is 0.0810. The molecule has 2 nitrogen and oxygen atoms in total. The first-order valence-corrected chi connectivity index (χ1v) is 8.09. The Bertz CT molecular complexity index is 568. The van der Waals surface area contributed by atoms with Gasteiger partial charge in [0.2, 0.25) is 0 Å². The third-order valence-corrected chi connectivity index (χ3v) is 5.12. The lowest BCUT2D eigenvalue weighted by Gasteiger charge is -2.21. The maximum absolute atomic E-state index is 5.81. The lowest BCUT2D eigenvalue weighted by Crippen LogP contribution is -2.21. The average Bonchev–Trinajstić information content (AvgIpc) is 2.86. The maximum atomic E-state index is 5.81. The van der Waals surface area contributed by atoms with Crippen LogP contribution in [0.1, 0.15) is 34.8 Å².